The summed E-state index contributed by atoms with van der Waals surface area (Å²) < 4.78 is 13.5. The van der Waals surface area contributed by atoms with E-state index < -0.39 is 17.3 Å². The van der Waals surface area contributed by atoms with Crippen molar-refractivity contribution in [1.29, 1.82) is 0 Å². The summed E-state index contributed by atoms with van der Waals surface area (Å²) in [5.41, 5.74) is 0.716. The molecule has 2 rings (SSSR count). The number of carboxylic acid groups (broad SMARTS) is 1. The molecule has 4 nitrogen and oxygen atoms in total. The standard InChI is InChI=1S/C15H12FNO3/c1-9(18)10-4-2-5-11(8-10)17-13-7-3-6-12(16)14(13)15(19)20/h2-8,17H,1H3,(H,19,20). The summed E-state index contributed by atoms with van der Waals surface area (Å²) in [7, 11) is 0. The quantitative estimate of drug-likeness (QED) is 0.837. The SMILES string of the molecule is CC(=O)c1cccc(Nc2cccc(F)c2C(=O)O)c1. The van der Waals surface area contributed by atoms with Crippen LogP contribution in [-0.2, 0) is 0 Å². The van der Waals surface area contributed by atoms with Crippen LogP contribution in [-0.4, -0.2) is 16.9 Å². The van der Waals surface area contributed by atoms with E-state index in [9.17, 15) is 14.0 Å². The number of carboxylic acids is 1. The van der Waals surface area contributed by atoms with Gasteiger partial charge in [-0.15, -0.1) is 0 Å². The van der Waals surface area contributed by atoms with Crippen LogP contribution in [0.1, 0.15) is 27.6 Å². The van der Waals surface area contributed by atoms with Gasteiger partial charge in [0, 0.05) is 11.3 Å². The number of hydrogen-bond acceptors (Lipinski definition) is 3. The average molecular weight is 273 g/mol. The predicted octanol–water partition coefficient (Wildman–Crippen LogP) is 3.47. The van der Waals surface area contributed by atoms with Gasteiger partial charge >= 0.3 is 5.97 Å². The fourth-order valence-corrected chi connectivity index (χ4v) is 1.82. The van der Waals surface area contributed by atoms with Crippen molar-refractivity contribution in [2.24, 2.45) is 0 Å². The monoisotopic (exact) mass is 273 g/mol. The molecule has 0 heterocycles. The largest absolute Gasteiger partial charge is 0.478 e. The first-order chi connectivity index (χ1) is 9.49. The number of ketones is 1. The van der Waals surface area contributed by atoms with Gasteiger partial charge in [-0.05, 0) is 31.2 Å². The second kappa shape index (κ2) is 5.52. The van der Waals surface area contributed by atoms with Crippen molar-refractivity contribution < 1.29 is 19.1 Å². The van der Waals surface area contributed by atoms with Crippen molar-refractivity contribution in [2.75, 3.05) is 5.32 Å². The highest BCUT2D eigenvalue weighted by molar-refractivity contribution is 5.97. The van der Waals surface area contributed by atoms with Gasteiger partial charge in [0.25, 0.3) is 0 Å². The van der Waals surface area contributed by atoms with E-state index in [1.165, 1.54) is 19.1 Å². The average Bonchev–Trinajstić information content (AvgIpc) is 2.38. The van der Waals surface area contributed by atoms with E-state index in [0.29, 0.717) is 11.3 Å². The Morgan fingerprint density at radius 1 is 1.15 bits per heavy atom. The first-order valence-corrected chi connectivity index (χ1v) is 5.89. The van der Waals surface area contributed by atoms with Crippen LogP contribution in [0.2, 0.25) is 0 Å². The molecule has 0 aliphatic rings. The normalized spacial score (nSPS) is 10.1. The second-order valence-corrected chi connectivity index (χ2v) is 4.23. The summed E-state index contributed by atoms with van der Waals surface area (Å²) in [6.45, 7) is 1.43. The van der Waals surface area contributed by atoms with Crippen molar-refractivity contribution in [3.05, 3.63) is 59.4 Å². The fourth-order valence-electron chi connectivity index (χ4n) is 1.82. The van der Waals surface area contributed by atoms with Crippen molar-refractivity contribution in [2.45, 2.75) is 6.92 Å². The smallest absolute Gasteiger partial charge is 0.340 e. The zero-order valence-corrected chi connectivity index (χ0v) is 10.7. The number of halogens is 1. The molecule has 0 aromatic heterocycles. The minimum atomic E-state index is -1.35. The van der Waals surface area contributed by atoms with Crippen LogP contribution in [0.4, 0.5) is 15.8 Å². The molecule has 2 aromatic rings. The number of rotatable bonds is 4. The molecule has 2 aromatic carbocycles. The lowest BCUT2D eigenvalue weighted by molar-refractivity contribution is 0.0693. The van der Waals surface area contributed by atoms with E-state index in [4.69, 9.17) is 5.11 Å². The minimum absolute atomic E-state index is 0.105. The van der Waals surface area contributed by atoms with Crippen LogP contribution in [0.25, 0.3) is 0 Å². The van der Waals surface area contributed by atoms with Crippen molar-refractivity contribution in [1.82, 2.24) is 0 Å². The Hall–Kier alpha value is -2.69. The van der Waals surface area contributed by atoms with Crippen LogP contribution in [0.5, 0.6) is 0 Å². The Labute approximate surface area is 114 Å². The molecule has 102 valence electrons. The third-order valence-electron chi connectivity index (χ3n) is 2.78. The molecule has 0 amide bonds. The number of hydrogen-bond donors (Lipinski definition) is 2. The van der Waals surface area contributed by atoms with Gasteiger partial charge in [0.2, 0.25) is 0 Å². The van der Waals surface area contributed by atoms with E-state index in [1.54, 1.807) is 24.3 Å². The maximum absolute atomic E-state index is 13.5. The number of carbonyl (C=O) groups is 2. The molecule has 0 radical (unpaired) electrons. The van der Waals surface area contributed by atoms with Gasteiger partial charge in [0.1, 0.15) is 11.4 Å². The van der Waals surface area contributed by atoms with Crippen molar-refractivity contribution in [3.63, 3.8) is 0 Å². The fraction of sp³-hybridized carbons (Fsp3) is 0.0667. The molecule has 0 aliphatic heterocycles. The first kappa shape index (κ1) is 13.7. The molecule has 0 fully saturated rings. The summed E-state index contributed by atoms with van der Waals surface area (Å²) in [5.74, 6) is -2.27. The van der Waals surface area contributed by atoms with Crippen LogP contribution in [0.15, 0.2) is 42.5 Å². The van der Waals surface area contributed by atoms with Gasteiger partial charge in [-0.1, -0.05) is 18.2 Å². The van der Waals surface area contributed by atoms with Gasteiger partial charge in [-0.3, -0.25) is 4.79 Å². The number of Topliss-reactive ketones (excluding diaryl/α,β-unsaturated/α-hetero) is 1. The second-order valence-electron chi connectivity index (χ2n) is 4.23. The minimum Gasteiger partial charge on any atom is -0.478 e. The Morgan fingerprint density at radius 3 is 2.50 bits per heavy atom. The van der Waals surface area contributed by atoms with Crippen LogP contribution in [0, 0.1) is 5.82 Å². The van der Waals surface area contributed by atoms with Gasteiger partial charge in [-0.2, -0.15) is 0 Å². The van der Waals surface area contributed by atoms with Gasteiger partial charge in [-0.25, -0.2) is 9.18 Å². The molecule has 0 aliphatic carbocycles. The number of benzene rings is 2. The maximum atomic E-state index is 13.5. The van der Waals surface area contributed by atoms with E-state index in [2.05, 4.69) is 5.32 Å². The highest BCUT2D eigenvalue weighted by Gasteiger charge is 2.15. The van der Waals surface area contributed by atoms with E-state index >= 15 is 0 Å². The lowest BCUT2D eigenvalue weighted by atomic mass is 10.1. The zero-order chi connectivity index (χ0) is 14.7. The first-order valence-electron chi connectivity index (χ1n) is 5.89. The third-order valence-corrected chi connectivity index (χ3v) is 2.78. The summed E-state index contributed by atoms with van der Waals surface area (Å²) in [6.07, 6.45) is 0. The topological polar surface area (TPSA) is 66.4 Å². The Bertz CT molecular complexity index is 683. The molecular weight excluding hydrogens is 261 g/mol. The molecule has 0 atom stereocenters. The summed E-state index contributed by atoms with van der Waals surface area (Å²) in [5, 5.41) is 11.9. The van der Waals surface area contributed by atoms with E-state index in [1.807, 2.05) is 0 Å². The van der Waals surface area contributed by atoms with Crippen LogP contribution in [0.3, 0.4) is 0 Å². The molecule has 2 N–H and O–H groups in total. The molecule has 5 heteroatoms. The highest BCUT2D eigenvalue weighted by atomic mass is 19.1. The molecule has 0 saturated heterocycles. The van der Waals surface area contributed by atoms with Gasteiger partial charge in [0.15, 0.2) is 5.78 Å². The summed E-state index contributed by atoms with van der Waals surface area (Å²) >= 11 is 0. The maximum Gasteiger partial charge on any atom is 0.340 e. The molecular formula is C15H12FNO3. The summed E-state index contributed by atoms with van der Waals surface area (Å²) in [6, 6.07) is 10.5. The molecule has 20 heavy (non-hydrogen) atoms. The third kappa shape index (κ3) is 2.83. The zero-order valence-electron chi connectivity index (χ0n) is 10.7. The van der Waals surface area contributed by atoms with Crippen LogP contribution < -0.4 is 5.32 Å². The number of nitrogens with one attached hydrogen (secondary N) is 1. The van der Waals surface area contributed by atoms with Crippen LogP contribution >= 0.6 is 0 Å². The number of carbonyl (C=O) groups excluding carboxylic acids is 1. The van der Waals surface area contributed by atoms with Crippen molar-refractivity contribution >= 4 is 23.1 Å². The molecule has 0 spiro atoms. The Kier molecular flexibility index (Phi) is 3.79. The Balaban J connectivity index is 2.40. The van der Waals surface area contributed by atoms with Gasteiger partial charge in [0.05, 0.1) is 5.69 Å². The van der Waals surface area contributed by atoms with E-state index in [0.717, 1.165) is 6.07 Å². The highest BCUT2D eigenvalue weighted by Crippen LogP contribution is 2.24. The summed E-state index contributed by atoms with van der Waals surface area (Å²) in [4.78, 5) is 22.4. The molecule has 0 bridgehead atoms. The Morgan fingerprint density at radius 2 is 1.85 bits per heavy atom. The van der Waals surface area contributed by atoms with Crippen molar-refractivity contribution in [3.8, 4) is 0 Å². The molecule has 0 unspecified atom stereocenters. The molecule has 0 saturated carbocycles. The predicted molar refractivity (Wildman–Crippen MR) is 73.1 cm³/mol. The number of anilines is 2. The van der Waals surface area contributed by atoms with E-state index in [-0.39, 0.29) is 11.5 Å². The van der Waals surface area contributed by atoms with Gasteiger partial charge < -0.3 is 10.4 Å². The number of aromatic carboxylic acids is 1. The lowest BCUT2D eigenvalue weighted by Gasteiger charge is -2.10. The lowest BCUT2D eigenvalue weighted by Crippen LogP contribution is -2.06.